The number of halogens is 1. The minimum Gasteiger partial charge on any atom is -0.376 e. The maximum atomic E-state index is 6.16. The van der Waals surface area contributed by atoms with E-state index in [1.54, 1.807) is 0 Å². The number of rotatable bonds is 6. The van der Waals surface area contributed by atoms with E-state index in [0.717, 1.165) is 74.9 Å². The molecule has 2 aliphatic rings. The van der Waals surface area contributed by atoms with E-state index in [-0.39, 0.29) is 24.0 Å². The summed E-state index contributed by atoms with van der Waals surface area (Å²) in [4.78, 5) is 12.0. The Balaban J connectivity index is 0.00000272. The molecule has 1 aromatic carbocycles. The van der Waals surface area contributed by atoms with Gasteiger partial charge in [-0.05, 0) is 51.2 Å². The molecule has 0 aliphatic carbocycles. The van der Waals surface area contributed by atoms with Crippen LogP contribution in [0.5, 0.6) is 0 Å². The molecule has 8 heteroatoms. The Labute approximate surface area is 202 Å². The number of nitrogens with zero attached hydrogens (tertiary/aromatic N) is 4. The van der Waals surface area contributed by atoms with Crippen LogP contribution in [0.25, 0.3) is 11.0 Å². The first kappa shape index (κ1) is 24.3. The van der Waals surface area contributed by atoms with Crippen molar-refractivity contribution in [2.45, 2.75) is 57.8 Å². The van der Waals surface area contributed by atoms with E-state index < -0.39 is 0 Å². The van der Waals surface area contributed by atoms with Crippen LogP contribution in [0.4, 0.5) is 0 Å². The maximum Gasteiger partial charge on any atom is 0.194 e. The normalized spacial score (nSPS) is 20.6. The Morgan fingerprint density at radius 2 is 2.03 bits per heavy atom. The highest BCUT2D eigenvalue weighted by Crippen LogP contribution is 2.19. The highest BCUT2D eigenvalue weighted by molar-refractivity contribution is 14.0. The molecule has 0 bridgehead atoms. The third kappa shape index (κ3) is 6.32. The lowest BCUT2D eigenvalue weighted by Crippen LogP contribution is -2.47. The van der Waals surface area contributed by atoms with Crippen molar-refractivity contribution in [2.75, 3.05) is 32.8 Å². The number of imidazole rings is 1. The largest absolute Gasteiger partial charge is 0.376 e. The van der Waals surface area contributed by atoms with Gasteiger partial charge in [-0.25, -0.2) is 9.98 Å². The molecule has 2 fully saturated rings. The van der Waals surface area contributed by atoms with Crippen LogP contribution in [0.3, 0.4) is 0 Å². The summed E-state index contributed by atoms with van der Waals surface area (Å²) in [6, 6.07) is 8.23. The van der Waals surface area contributed by atoms with Gasteiger partial charge in [0.15, 0.2) is 5.96 Å². The number of nitrogens with one attached hydrogen (secondary N) is 1. The standard InChI is InChI=1S/C23H35N5O2.HI/c1-3-24-23(25-16-22-26-20-9-4-5-10-21(20)27(22)2)28-13-11-18(12-14-28)30-17-19-8-6-7-15-29-19;/h4-5,9-10,18-19H,3,6-8,11-17H2,1-2H3,(H,24,25);1H. The molecule has 3 heterocycles. The zero-order valence-electron chi connectivity index (χ0n) is 18.8. The molecule has 2 saturated heterocycles. The Morgan fingerprint density at radius 1 is 1.23 bits per heavy atom. The van der Waals surface area contributed by atoms with E-state index in [0.29, 0.717) is 18.8 Å². The molecule has 1 unspecified atom stereocenters. The number of hydrogen-bond donors (Lipinski definition) is 1. The van der Waals surface area contributed by atoms with E-state index in [1.807, 2.05) is 12.1 Å². The van der Waals surface area contributed by atoms with Crippen molar-refractivity contribution in [1.82, 2.24) is 19.8 Å². The first-order valence-corrected chi connectivity index (χ1v) is 11.4. The second-order valence-electron chi connectivity index (χ2n) is 8.25. The Bertz CT molecular complexity index is 842. The molecule has 0 saturated carbocycles. The van der Waals surface area contributed by atoms with Crippen LogP contribution < -0.4 is 5.32 Å². The molecule has 2 aromatic rings. The maximum absolute atomic E-state index is 6.16. The van der Waals surface area contributed by atoms with Gasteiger partial charge in [0, 0.05) is 33.3 Å². The number of hydrogen-bond acceptors (Lipinski definition) is 4. The summed E-state index contributed by atoms with van der Waals surface area (Å²) in [6.07, 6.45) is 6.28. The molecule has 2 aliphatic heterocycles. The van der Waals surface area contributed by atoms with Gasteiger partial charge in [-0.15, -0.1) is 24.0 Å². The van der Waals surface area contributed by atoms with Crippen LogP contribution in [0.1, 0.15) is 44.9 Å². The molecule has 0 amide bonds. The molecule has 1 atom stereocenters. The highest BCUT2D eigenvalue weighted by atomic mass is 127. The molecule has 0 radical (unpaired) electrons. The van der Waals surface area contributed by atoms with Gasteiger partial charge in [0.25, 0.3) is 0 Å². The molecule has 1 N–H and O–H groups in total. The zero-order chi connectivity index (χ0) is 20.8. The number of para-hydroxylation sites is 2. The summed E-state index contributed by atoms with van der Waals surface area (Å²) in [7, 11) is 2.06. The van der Waals surface area contributed by atoms with E-state index in [9.17, 15) is 0 Å². The minimum absolute atomic E-state index is 0. The smallest absolute Gasteiger partial charge is 0.194 e. The lowest BCUT2D eigenvalue weighted by atomic mass is 10.1. The predicted octanol–water partition coefficient (Wildman–Crippen LogP) is 3.71. The van der Waals surface area contributed by atoms with Crippen LogP contribution in [0.2, 0.25) is 0 Å². The summed E-state index contributed by atoms with van der Waals surface area (Å²) in [5.74, 6) is 1.95. The summed E-state index contributed by atoms with van der Waals surface area (Å²) in [6.45, 7) is 7.10. The number of benzene rings is 1. The van der Waals surface area contributed by atoms with Crippen molar-refractivity contribution in [1.29, 1.82) is 0 Å². The van der Waals surface area contributed by atoms with Crippen molar-refractivity contribution in [3.63, 3.8) is 0 Å². The fraction of sp³-hybridized carbons (Fsp3) is 0.652. The second-order valence-corrected chi connectivity index (χ2v) is 8.25. The van der Waals surface area contributed by atoms with Gasteiger partial charge in [0.05, 0.1) is 29.8 Å². The average Bonchev–Trinajstić information content (AvgIpc) is 3.12. The Morgan fingerprint density at radius 3 is 2.74 bits per heavy atom. The first-order valence-electron chi connectivity index (χ1n) is 11.4. The third-order valence-corrected chi connectivity index (χ3v) is 6.12. The van der Waals surface area contributed by atoms with Crippen LogP contribution in [-0.4, -0.2) is 65.5 Å². The topological polar surface area (TPSA) is 63.9 Å². The summed E-state index contributed by atoms with van der Waals surface area (Å²) < 4.78 is 14.1. The van der Waals surface area contributed by atoms with Gasteiger partial charge in [-0.3, -0.25) is 0 Å². The van der Waals surface area contributed by atoms with Crippen molar-refractivity contribution in [3.8, 4) is 0 Å². The third-order valence-electron chi connectivity index (χ3n) is 6.12. The van der Waals surface area contributed by atoms with E-state index >= 15 is 0 Å². The van der Waals surface area contributed by atoms with Crippen LogP contribution in [0.15, 0.2) is 29.3 Å². The molecular weight excluding hydrogens is 505 g/mol. The molecule has 4 rings (SSSR count). The summed E-state index contributed by atoms with van der Waals surface area (Å²) in [5.41, 5.74) is 2.17. The van der Waals surface area contributed by atoms with Gasteiger partial charge in [-0.2, -0.15) is 0 Å². The fourth-order valence-electron chi connectivity index (χ4n) is 4.32. The van der Waals surface area contributed by atoms with Crippen LogP contribution >= 0.6 is 24.0 Å². The van der Waals surface area contributed by atoms with Crippen LogP contribution in [-0.2, 0) is 23.1 Å². The van der Waals surface area contributed by atoms with E-state index in [4.69, 9.17) is 19.5 Å². The number of likely N-dealkylation sites (tertiary alicyclic amines) is 1. The SMILES string of the molecule is CCNC(=NCc1nc2ccccc2n1C)N1CCC(OCC2CCCCO2)CC1.I. The number of fused-ring (bicyclic) bond motifs is 1. The summed E-state index contributed by atoms with van der Waals surface area (Å²) in [5, 5.41) is 3.45. The molecular formula is C23H36IN5O2. The zero-order valence-corrected chi connectivity index (χ0v) is 21.1. The fourth-order valence-corrected chi connectivity index (χ4v) is 4.32. The minimum atomic E-state index is 0. The highest BCUT2D eigenvalue weighted by Gasteiger charge is 2.24. The number of aliphatic imine (C=N–C) groups is 1. The van der Waals surface area contributed by atoms with Gasteiger partial charge in [0.2, 0.25) is 0 Å². The van der Waals surface area contributed by atoms with E-state index in [1.165, 1.54) is 12.8 Å². The predicted molar refractivity (Wildman–Crippen MR) is 135 cm³/mol. The number of aromatic nitrogens is 2. The summed E-state index contributed by atoms with van der Waals surface area (Å²) >= 11 is 0. The van der Waals surface area contributed by atoms with Crippen LogP contribution in [0, 0.1) is 0 Å². The molecule has 1 aromatic heterocycles. The Kier molecular flexibility index (Phi) is 9.40. The molecule has 7 nitrogen and oxygen atoms in total. The van der Waals surface area contributed by atoms with Gasteiger partial charge in [0.1, 0.15) is 12.4 Å². The monoisotopic (exact) mass is 541 g/mol. The van der Waals surface area contributed by atoms with Crippen molar-refractivity contribution >= 4 is 41.0 Å². The van der Waals surface area contributed by atoms with Crippen molar-refractivity contribution in [3.05, 3.63) is 30.1 Å². The number of piperidine rings is 1. The number of aryl methyl sites for hydroxylation is 1. The molecule has 31 heavy (non-hydrogen) atoms. The number of ether oxygens (including phenoxy) is 2. The quantitative estimate of drug-likeness (QED) is 0.343. The lowest BCUT2D eigenvalue weighted by Gasteiger charge is -2.35. The molecule has 0 spiro atoms. The second kappa shape index (κ2) is 12.0. The van der Waals surface area contributed by atoms with Crippen molar-refractivity contribution in [2.24, 2.45) is 12.0 Å². The van der Waals surface area contributed by atoms with Gasteiger partial charge in [-0.1, -0.05) is 12.1 Å². The van der Waals surface area contributed by atoms with E-state index in [2.05, 4.69) is 40.9 Å². The molecule has 172 valence electrons. The first-order chi connectivity index (χ1) is 14.7. The number of guanidine groups is 1. The lowest BCUT2D eigenvalue weighted by molar-refractivity contribution is -0.0721. The Hall–Kier alpha value is -1.39. The van der Waals surface area contributed by atoms with Crippen molar-refractivity contribution < 1.29 is 9.47 Å². The van der Waals surface area contributed by atoms with Gasteiger partial charge >= 0.3 is 0 Å². The van der Waals surface area contributed by atoms with Gasteiger partial charge < -0.3 is 24.3 Å². The average molecular weight is 541 g/mol.